The third-order valence-corrected chi connectivity index (χ3v) is 2.92. The Balaban J connectivity index is 3.30. The number of rotatable bonds is 12. The molecule has 0 radical (unpaired) electrons. The maximum Gasteiger partial charge on any atom is 0.234 e. The van der Waals surface area contributed by atoms with Crippen molar-refractivity contribution in [3.05, 3.63) is 0 Å². The quantitative estimate of drug-likeness (QED) is 0.527. The summed E-state index contributed by atoms with van der Waals surface area (Å²) in [4.78, 5) is 11.5. The molecule has 0 heterocycles. The van der Waals surface area contributed by atoms with Gasteiger partial charge in [0.25, 0.3) is 0 Å². The minimum absolute atomic E-state index is 0.0931. The van der Waals surface area contributed by atoms with Crippen molar-refractivity contribution < 1.29 is 9.53 Å². The number of unbranched alkanes of at least 4 members (excludes halogenated alkanes) is 1. The normalized spacial score (nSPS) is 10.9. The minimum atomic E-state index is 0.0931. The monoisotopic (exact) mass is 258 g/mol. The van der Waals surface area contributed by atoms with Gasteiger partial charge >= 0.3 is 0 Å². The van der Waals surface area contributed by atoms with E-state index in [-0.39, 0.29) is 5.91 Å². The van der Waals surface area contributed by atoms with Crippen LogP contribution >= 0.6 is 0 Å². The molecule has 0 aliphatic heterocycles. The number of hydrogen-bond acceptors (Lipinski definition) is 3. The van der Waals surface area contributed by atoms with E-state index in [1.807, 2.05) is 0 Å². The predicted octanol–water partition coefficient (Wildman–Crippen LogP) is 2.09. The molecule has 0 atom stereocenters. The largest absolute Gasteiger partial charge is 0.381 e. The highest BCUT2D eigenvalue weighted by Gasteiger charge is 2.06. The van der Waals surface area contributed by atoms with E-state index >= 15 is 0 Å². The summed E-state index contributed by atoms with van der Waals surface area (Å²) in [5.74, 6) is 0.0931. The van der Waals surface area contributed by atoms with E-state index in [4.69, 9.17) is 4.74 Å². The van der Waals surface area contributed by atoms with Gasteiger partial charge in [-0.2, -0.15) is 0 Å². The molecule has 0 aromatic heterocycles. The Morgan fingerprint density at radius 1 is 1.11 bits per heavy atom. The van der Waals surface area contributed by atoms with Crippen LogP contribution in [0.1, 0.15) is 52.9 Å². The van der Waals surface area contributed by atoms with Gasteiger partial charge in [0.1, 0.15) is 0 Å². The third-order valence-electron chi connectivity index (χ3n) is 2.92. The van der Waals surface area contributed by atoms with Crippen LogP contribution in [0.15, 0.2) is 0 Å². The van der Waals surface area contributed by atoms with Crippen LogP contribution in [0.25, 0.3) is 0 Å². The molecule has 108 valence electrons. The van der Waals surface area contributed by atoms with E-state index in [1.54, 1.807) is 0 Å². The molecule has 1 amide bonds. The first-order valence-corrected chi connectivity index (χ1v) is 7.32. The lowest BCUT2D eigenvalue weighted by molar-refractivity contribution is -0.121. The molecule has 0 rings (SSSR count). The molecule has 0 aromatic carbocycles. The van der Waals surface area contributed by atoms with Gasteiger partial charge in [-0.15, -0.1) is 0 Å². The lowest BCUT2D eigenvalue weighted by Gasteiger charge is -2.14. The number of carbonyl (C=O) groups is 1. The Kier molecular flexibility index (Phi) is 12.4. The van der Waals surface area contributed by atoms with Crippen molar-refractivity contribution in [2.24, 2.45) is 0 Å². The lowest BCUT2D eigenvalue weighted by atomic mass is 10.2. The second-order valence-electron chi connectivity index (χ2n) is 4.58. The molecule has 4 nitrogen and oxygen atoms in total. The summed E-state index contributed by atoms with van der Waals surface area (Å²) in [5, 5.41) is 6.14. The van der Waals surface area contributed by atoms with Crippen molar-refractivity contribution in [3.8, 4) is 0 Å². The number of hydrogen-bond donors (Lipinski definition) is 2. The predicted molar refractivity (Wildman–Crippen MR) is 75.7 cm³/mol. The van der Waals surface area contributed by atoms with Gasteiger partial charge in [0.05, 0.1) is 6.54 Å². The van der Waals surface area contributed by atoms with Gasteiger partial charge in [0.2, 0.25) is 5.91 Å². The first-order chi connectivity index (χ1) is 8.74. The van der Waals surface area contributed by atoms with Crippen molar-refractivity contribution in [3.63, 3.8) is 0 Å². The topological polar surface area (TPSA) is 50.4 Å². The van der Waals surface area contributed by atoms with Crippen LogP contribution in [-0.2, 0) is 9.53 Å². The second kappa shape index (κ2) is 12.8. The highest BCUT2D eigenvalue weighted by Crippen LogP contribution is 1.95. The molecule has 0 bridgehead atoms. The first-order valence-electron chi connectivity index (χ1n) is 7.32. The zero-order valence-corrected chi connectivity index (χ0v) is 12.3. The van der Waals surface area contributed by atoms with E-state index < -0.39 is 0 Å². The molecule has 0 unspecified atom stereocenters. The number of nitrogens with one attached hydrogen (secondary N) is 2. The van der Waals surface area contributed by atoms with Crippen LogP contribution in [0.2, 0.25) is 0 Å². The standard InChI is InChI=1S/C14H30N2O2/c1-4-7-10-18-11-8-9-15-12-14(17)16-13(5-2)6-3/h13,15H,4-12H2,1-3H3,(H,16,17). The Morgan fingerprint density at radius 3 is 2.39 bits per heavy atom. The molecule has 0 spiro atoms. The van der Waals surface area contributed by atoms with Gasteiger partial charge in [0, 0.05) is 19.3 Å². The van der Waals surface area contributed by atoms with Crippen molar-refractivity contribution in [1.82, 2.24) is 10.6 Å². The summed E-state index contributed by atoms with van der Waals surface area (Å²) in [7, 11) is 0. The van der Waals surface area contributed by atoms with E-state index in [1.165, 1.54) is 6.42 Å². The number of carbonyl (C=O) groups excluding carboxylic acids is 1. The first kappa shape index (κ1) is 17.4. The van der Waals surface area contributed by atoms with Crippen molar-refractivity contribution in [1.29, 1.82) is 0 Å². The second-order valence-corrected chi connectivity index (χ2v) is 4.58. The fourth-order valence-corrected chi connectivity index (χ4v) is 1.62. The summed E-state index contributed by atoms with van der Waals surface area (Å²) in [6, 6.07) is 0.316. The minimum Gasteiger partial charge on any atom is -0.381 e. The van der Waals surface area contributed by atoms with Gasteiger partial charge in [0.15, 0.2) is 0 Å². The van der Waals surface area contributed by atoms with Crippen LogP contribution in [0.5, 0.6) is 0 Å². The van der Waals surface area contributed by atoms with Crippen molar-refractivity contribution in [2.45, 2.75) is 58.9 Å². The highest BCUT2D eigenvalue weighted by molar-refractivity contribution is 5.78. The van der Waals surface area contributed by atoms with E-state index in [0.29, 0.717) is 12.6 Å². The Hall–Kier alpha value is -0.610. The molecular formula is C14H30N2O2. The molecular weight excluding hydrogens is 228 g/mol. The summed E-state index contributed by atoms with van der Waals surface area (Å²) < 4.78 is 5.44. The molecule has 0 aliphatic rings. The zero-order chi connectivity index (χ0) is 13.6. The van der Waals surface area contributed by atoms with Gasteiger partial charge in [-0.1, -0.05) is 27.2 Å². The molecule has 2 N–H and O–H groups in total. The van der Waals surface area contributed by atoms with Gasteiger partial charge < -0.3 is 15.4 Å². The smallest absolute Gasteiger partial charge is 0.234 e. The Bertz CT molecular complexity index is 194. The summed E-state index contributed by atoms with van der Waals surface area (Å²) >= 11 is 0. The maximum absolute atomic E-state index is 11.5. The Morgan fingerprint density at radius 2 is 1.78 bits per heavy atom. The van der Waals surface area contributed by atoms with Crippen LogP contribution in [-0.4, -0.2) is 38.3 Å². The number of ether oxygens (including phenoxy) is 1. The SMILES string of the molecule is CCCCOCCCNCC(=O)NC(CC)CC. The molecule has 18 heavy (non-hydrogen) atoms. The van der Waals surface area contributed by atoms with Gasteiger partial charge in [-0.25, -0.2) is 0 Å². The average Bonchev–Trinajstić information content (AvgIpc) is 2.39. The summed E-state index contributed by atoms with van der Waals surface area (Å²) in [6.45, 7) is 9.22. The molecule has 4 heteroatoms. The van der Waals surface area contributed by atoms with E-state index in [0.717, 1.165) is 45.4 Å². The molecule has 0 aromatic rings. The van der Waals surface area contributed by atoms with Crippen molar-refractivity contribution >= 4 is 5.91 Å². The van der Waals surface area contributed by atoms with Crippen LogP contribution in [0, 0.1) is 0 Å². The van der Waals surface area contributed by atoms with Crippen molar-refractivity contribution in [2.75, 3.05) is 26.3 Å². The summed E-state index contributed by atoms with van der Waals surface area (Å²) in [6.07, 6.45) is 5.25. The van der Waals surface area contributed by atoms with Crippen LogP contribution in [0.4, 0.5) is 0 Å². The highest BCUT2D eigenvalue weighted by atomic mass is 16.5. The fraction of sp³-hybridized carbons (Fsp3) is 0.929. The zero-order valence-electron chi connectivity index (χ0n) is 12.3. The van der Waals surface area contributed by atoms with Gasteiger partial charge in [-0.3, -0.25) is 4.79 Å². The molecule has 0 fully saturated rings. The third kappa shape index (κ3) is 10.5. The Labute approximate surface area is 112 Å². The molecule has 0 saturated carbocycles. The van der Waals surface area contributed by atoms with E-state index in [9.17, 15) is 4.79 Å². The summed E-state index contributed by atoms with van der Waals surface area (Å²) in [5.41, 5.74) is 0. The van der Waals surface area contributed by atoms with Gasteiger partial charge in [-0.05, 0) is 32.2 Å². The number of amides is 1. The maximum atomic E-state index is 11.5. The van der Waals surface area contributed by atoms with Crippen LogP contribution < -0.4 is 10.6 Å². The fourth-order valence-electron chi connectivity index (χ4n) is 1.62. The van der Waals surface area contributed by atoms with E-state index in [2.05, 4.69) is 31.4 Å². The van der Waals surface area contributed by atoms with Crippen LogP contribution in [0.3, 0.4) is 0 Å². The molecule has 0 saturated heterocycles. The lowest BCUT2D eigenvalue weighted by Crippen LogP contribution is -2.40. The molecule has 0 aliphatic carbocycles. The average molecular weight is 258 g/mol.